The second-order valence-corrected chi connectivity index (χ2v) is 10.4. The van der Waals surface area contributed by atoms with Gasteiger partial charge in [-0.2, -0.15) is 0 Å². The van der Waals surface area contributed by atoms with E-state index in [4.69, 9.17) is 15.2 Å². The van der Waals surface area contributed by atoms with Crippen LogP contribution >= 0.6 is 0 Å². The average molecular weight is 576 g/mol. The summed E-state index contributed by atoms with van der Waals surface area (Å²) in [5, 5.41) is 2.63. The molecule has 0 radical (unpaired) electrons. The Morgan fingerprint density at radius 3 is 2.69 bits per heavy atom. The Kier molecular flexibility index (Phi) is 8.47. The molecule has 2 aliphatic rings. The lowest BCUT2D eigenvalue weighted by Crippen LogP contribution is -2.49. The van der Waals surface area contributed by atoms with Crippen molar-refractivity contribution < 1.29 is 27.8 Å². The molecule has 3 atom stereocenters. The molecule has 2 fully saturated rings. The number of amides is 2. The number of carbonyl (C=O) groups is 2. The third-order valence-corrected chi connectivity index (χ3v) is 7.61. The molecule has 1 saturated heterocycles. The van der Waals surface area contributed by atoms with Gasteiger partial charge in [-0.15, -0.1) is 0 Å². The van der Waals surface area contributed by atoms with Crippen molar-refractivity contribution >= 4 is 17.5 Å². The summed E-state index contributed by atoms with van der Waals surface area (Å²) < 4.78 is 41.2. The molecule has 3 aromatic rings. The number of hydrogen-bond donors (Lipinski definition) is 2. The van der Waals surface area contributed by atoms with Gasteiger partial charge >= 0.3 is 0 Å². The van der Waals surface area contributed by atoms with Gasteiger partial charge in [0.15, 0.2) is 12.0 Å². The molecule has 0 bridgehead atoms. The van der Waals surface area contributed by atoms with E-state index in [0.717, 1.165) is 24.5 Å². The van der Waals surface area contributed by atoms with E-state index in [2.05, 4.69) is 27.1 Å². The fraction of sp³-hybridized carbons (Fsp3) is 0.355. The first-order chi connectivity index (χ1) is 20.2. The van der Waals surface area contributed by atoms with E-state index in [0.29, 0.717) is 30.0 Å². The zero-order chi connectivity index (χ0) is 30.0. The molecule has 3 N–H and O–H groups in total. The second kappa shape index (κ2) is 12.2. The Morgan fingerprint density at radius 2 is 2.00 bits per heavy atom. The number of halogens is 2. The topological polar surface area (TPSA) is 120 Å². The first kappa shape index (κ1) is 29.1. The number of nitrogens with zero attached hydrogens (tertiary/aromatic N) is 3. The van der Waals surface area contributed by atoms with Crippen LogP contribution in [-0.2, 0) is 9.53 Å². The molecule has 1 aromatic heterocycles. The fourth-order valence-corrected chi connectivity index (χ4v) is 5.18. The van der Waals surface area contributed by atoms with Crippen LogP contribution in [-0.4, -0.2) is 58.7 Å². The third-order valence-electron chi connectivity index (χ3n) is 7.61. The highest BCUT2D eigenvalue weighted by Crippen LogP contribution is 2.40. The first-order valence-electron chi connectivity index (χ1n) is 13.6. The number of ether oxygens (including phenoxy) is 2. The number of rotatable bonds is 8. The van der Waals surface area contributed by atoms with E-state index in [1.54, 1.807) is 27.0 Å². The van der Waals surface area contributed by atoms with Gasteiger partial charge in [-0.05, 0) is 73.9 Å². The van der Waals surface area contributed by atoms with Crippen LogP contribution in [0.4, 0.5) is 14.5 Å². The van der Waals surface area contributed by atoms with Gasteiger partial charge in [0, 0.05) is 31.3 Å². The molecule has 1 unspecified atom stereocenters. The molecule has 218 valence electrons. The largest absolute Gasteiger partial charge is 0.469 e. The van der Waals surface area contributed by atoms with E-state index in [1.807, 2.05) is 0 Å². The molecule has 9 nitrogen and oxygen atoms in total. The number of hydrogen-bond acceptors (Lipinski definition) is 7. The van der Waals surface area contributed by atoms with Gasteiger partial charge in [-0.25, -0.2) is 18.7 Å². The number of nitrogens with one attached hydrogen (secondary N) is 1. The number of anilines is 1. The van der Waals surface area contributed by atoms with Gasteiger partial charge in [-0.3, -0.25) is 15.3 Å². The molecule has 5 rings (SSSR count). The lowest BCUT2D eigenvalue weighted by Gasteiger charge is -2.28. The van der Waals surface area contributed by atoms with Crippen LogP contribution in [0.25, 0.3) is 11.3 Å². The summed E-state index contributed by atoms with van der Waals surface area (Å²) >= 11 is 0. The van der Waals surface area contributed by atoms with Crippen molar-refractivity contribution in [2.24, 2.45) is 5.73 Å². The number of benzene rings is 2. The highest BCUT2D eigenvalue weighted by Gasteiger charge is 2.40. The summed E-state index contributed by atoms with van der Waals surface area (Å²) in [4.78, 5) is 35.5. The Labute approximate surface area is 242 Å². The maximum Gasteiger partial charge on any atom is 0.298 e. The zero-order valence-corrected chi connectivity index (χ0v) is 23.5. The van der Waals surface area contributed by atoms with E-state index in [-0.39, 0.29) is 28.8 Å². The lowest BCUT2D eigenvalue weighted by atomic mass is 10.0. The summed E-state index contributed by atoms with van der Waals surface area (Å²) in [7, 11) is 1.55. The van der Waals surface area contributed by atoms with Gasteiger partial charge in [-0.1, -0.05) is 12.0 Å². The van der Waals surface area contributed by atoms with Crippen LogP contribution in [0.5, 0.6) is 5.75 Å². The predicted molar refractivity (Wildman–Crippen MR) is 151 cm³/mol. The Hall–Kier alpha value is -4.40. The minimum atomic E-state index is -1.01. The molecule has 11 heteroatoms. The normalized spacial score (nSPS) is 18.7. The number of aromatic nitrogens is 2. The van der Waals surface area contributed by atoms with Crippen molar-refractivity contribution in [2.45, 2.75) is 57.4 Å². The standard InChI is InChI=1S/C31H31F2N5O4/c1-4-5-28(39)38-15-21(41-3)13-26(38)30(34)42-27-14-35-16-36-29(27)23-11-20(32)12-25(17(23)2)37-31(40)22-9-8-19(10-24(22)33)18-6-7-18/h8-12,14,16,18,21,26,30H,6-7,13,15,34H2,1-3H3,(H,37,40)/t21-,26+,30?/m1/s1. The summed E-state index contributed by atoms with van der Waals surface area (Å²) in [6.45, 7) is 3.55. The number of likely N-dealkylation sites (tertiary alicyclic amines) is 1. The molecule has 0 spiro atoms. The van der Waals surface area contributed by atoms with E-state index < -0.39 is 35.7 Å². The smallest absolute Gasteiger partial charge is 0.298 e. The summed E-state index contributed by atoms with van der Waals surface area (Å²) in [5.41, 5.74) is 8.30. The van der Waals surface area contributed by atoms with Gasteiger partial charge < -0.3 is 19.7 Å². The molecular weight excluding hydrogens is 544 g/mol. The van der Waals surface area contributed by atoms with E-state index in [1.165, 1.54) is 35.6 Å². The van der Waals surface area contributed by atoms with Gasteiger partial charge in [0.2, 0.25) is 0 Å². The van der Waals surface area contributed by atoms with Crippen molar-refractivity contribution in [3.63, 3.8) is 0 Å². The van der Waals surface area contributed by atoms with Crippen LogP contribution in [0, 0.1) is 30.4 Å². The molecule has 1 saturated carbocycles. The Balaban J connectivity index is 1.41. The van der Waals surface area contributed by atoms with E-state index >= 15 is 0 Å². The molecule has 42 heavy (non-hydrogen) atoms. The monoisotopic (exact) mass is 575 g/mol. The van der Waals surface area contributed by atoms with Crippen molar-refractivity contribution in [2.75, 3.05) is 19.0 Å². The Morgan fingerprint density at radius 1 is 1.21 bits per heavy atom. The highest BCUT2D eigenvalue weighted by atomic mass is 19.1. The van der Waals surface area contributed by atoms with Crippen LogP contribution in [0.1, 0.15) is 53.6 Å². The SMILES string of the molecule is CC#CC(=O)N1C[C@H](OC)C[C@H]1C(N)Oc1cncnc1-c1cc(F)cc(NC(=O)c2ccc(C3CC3)cc2F)c1C. The predicted octanol–water partition coefficient (Wildman–Crippen LogP) is 4.16. The molecule has 1 aliphatic carbocycles. The van der Waals surface area contributed by atoms with Crippen LogP contribution in [0.3, 0.4) is 0 Å². The van der Waals surface area contributed by atoms with Crippen molar-refractivity contribution in [1.29, 1.82) is 0 Å². The molecule has 2 heterocycles. The zero-order valence-electron chi connectivity index (χ0n) is 23.5. The third kappa shape index (κ3) is 6.10. The number of methoxy groups -OCH3 is 1. The molecule has 2 aromatic carbocycles. The number of carbonyl (C=O) groups excluding carboxylic acids is 2. The molecular formula is C31H31F2N5O4. The minimum absolute atomic E-state index is 0.139. The maximum absolute atomic E-state index is 14.9. The number of nitrogens with two attached hydrogens (primary N) is 1. The van der Waals surface area contributed by atoms with Crippen molar-refractivity contribution in [3.05, 3.63) is 71.2 Å². The minimum Gasteiger partial charge on any atom is -0.469 e. The maximum atomic E-state index is 14.9. The summed E-state index contributed by atoms with van der Waals surface area (Å²) in [6, 6.07) is 6.43. The van der Waals surface area contributed by atoms with Crippen molar-refractivity contribution in [3.8, 4) is 28.8 Å². The van der Waals surface area contributed by atoms with Gasteiger partial charge in [0.25, 0.3) is 11.8 Å². The van der Waals surface area contributed by atoms with Crippen molar-refractivity contribution in [1.82, 2.24) is 14.9 Å². The molecule has 2 amide bonds. The quantitative estimate of drug-likeness (QED) is 0.306. The first-order valence-corrected chi connectivity index (χ1v) is 13.6. The van der Waals surface area contributed by atoms with Gasteiger partial charge in [0.1, 0.15) is 23.7 Å². The van der Waals surface area contributed by atoms with E-state index in [9.17, 15) is 18.4 Å². The van der Waals surface area contributed by atoms with Crippen LogP contribution < -0.4 is 15.8 Å². The van der Waals surface area contributed by atoms with Gasteiger partial charge in [0.05, 0.1) is 23.9 Å². The summed E-state index contributed by atoms with van der Waals surface area (Å²) in [5.74, 6) is 3.22. The second-order valence-electron chi connectivity index (χ2n) is 10.4. The highest BCUT2D eigenvalue weighted by molar-refractivity contribution is 6.05. The lowest BCUT2D eigenvalue weighted by molar-refractivity contribution is -0.127. The fourth-order valence-electron chi connectivity index (χ4n) is 5.18. The molecule has 1 aliphatic heterocycles. The van der Waals surface area contributed by atoms with Crippen LogP contribution in [0.2, 0.25) is 0 Å². The average Bonchev–Trinajstić information content (AvgIpc) is 3.73. The van der Waals surface area contributed by atoms with Crippen LogP contribution in [0.15, 0.2) is 42.9 Å². The Bertz CT molecular complexity index is 1580. The summed E-state index contributed by atoms with van der Waals surface area (Å²) in [6.07, 6.45) is 3.85.